The number of alkyl carbamates (subject to hydrolysis) is 1. The van der Waals surface area contributed by atoms with E-state index >= 15 is 0 Å². The van der Waals surface area contributed by atoms with Gasteiger partial charge in [-0.3, -0.25) is 0 Å². The smallest absolute Gasteiger partial charge is 0.408 e. The third-order valence-corrected chi connectivity index (χ3v) is 3.46. The molecule has 1 N–H and O–H groups in total. The van der Waals surface area contributed by atoms with E-state index < -0.39 is 6.09 Å². The van der Waals surface area contributed by atoms with Gasteiger partial charge in [0.05, 0.1) is 19.3 Å². The average Bonchev–Trinajstić information content (AvgIpc) is 2.90. The standard InChI is InChI=1S/C17H17NO3/c19-17-18-16(14-9-5-2-6-10-14)15(21-17)12-20-11-13-7-3-1-4-8-13/h1-10,15-16H,11-12H2,(H,18,19)/t15-,16+/m1/s1. The molecule has 0 saturated carbocycles. The highest BCUT2D eigenvalue weighted by Crippen LogP contribution is 2.25. The van der Waals surface area contributed by atoms with Crippen molar-refractivity contribution in [3.8, 4) is 0 Å². The van der Waals surface area contributed by atoms with Crippen LogP contribution in [-0.2, 0) is 16.1 Å². The summed E-state index contributed by atoms with van der Waals surface area (Å²) in [5.74, 6) is 0. The lowest BCUT2D eigenvalue weighted by atomic mass is 10.0. The third-order valence-electron chi connectivity index (χ3n) is 3.46. The number of amides is 1. The topological polar surface area (TPSA) is 47.6 Å². The van der Waals surface area contributed by atoms with Crippen LogP contribution in [0.1, 0.15) is 17.2 Å². The SMILES string of the molecule is O=C1N[C@@H](c2ccccc2)[C@@H](COCc2ccccc2)O1. The Morgan fingerprint density at radius 2 is 1.67 bits per heavy atom. The van der Waals surface area contributed by atoms with Gasteiger partial charge in [0.1, 0.15) is 0 Å². The Morgan fingerprint density at radius 3 is 2.38 bits per heavy atom. The molecular weight excluding hydrogens is 266 g/mol. The summed E-state index contributed by atoms with van der Waals surface area (Å²) in [6.07, 6.45) is -0.694. The van der Waals surface area contributed by atoms with Crippen LogP contribution in [0.3, 0.4) is 0 Å². The second-order valence-corrected chi connectivity index (χ2v) is 4.98. The molecule has 0 bridgehead atoms. The molecule has 1 fully saturated rings. The maximum atomic E-state index is 11.5. The van der Waals surface area contributed by atoms with Gasteiger partial charge in [-0.25, -0.2) is 4.79 Å². The van der Waals surface area contributed by atoms with Gasteiger partial charge in [0.15, 0.2) is 6.10 Å². The molecule has 4 heteroatoms. The predicted octanol–water partition coefficient (Wildman–Crippen LogP) is 3.05. The van der Waals surface area contributed by atoms with Gasteiger partial charge in [-0.1, -0.05) is 60.7 Å². The molecule has 2 aromatic rings. The van der Waals surface area contributed by atoms with E-state index in [0.29, 0.717) is 13.2 Å². The Kier molecular flexibility index (Phi) is 4.17. The second-order valence-electron chi connectivity index (χ2n) is 4.98. The van der Waals surface area contributed by atoms with Crippen molar-refractivity contribution in [1.29, 1.82) is 0 Å². The van der Waals surface area contributed by atoms with Gasteiger partial charge in [0.2, 0.25) is 0 Å². The molecule has 4 nitrogen and oxygen atoms in total. The summed E-state index contributed by atoms with van der Waals surface area (Å²) in [6, 6.07) is 19.6. The molecule has 0 unspecified atom stereocenters. The van der Waals surface area contributed by atoms with Crippen molar-refractivity contribution in [3.05, 3.63) is 71.8 Å². The Hall–Kier alpha value is -2.33. The van der Waals surface area contributed by atoms with Crippen molar-refractivity contribution >= 4 is 6.09 Å². The summed E-state index contributed by atoms with van der Waals surface area (Å²) in [4.78, 5) is 11.5. The average molecular weight is 283 g/mol. The monoisotopic (exact) mass is 283 g/mol. The number of nitrogens with one attached hydrogen (secondary N) is 1. The Morgan fingerprint density at radius 1 is 1.00 bits per heavy atom. The number of benzene rings is 2. The van der Waals surface area contributed by atoms with Crippen LogP contribution in [0, 0.1) is 0 Å². The number of hydrogen-bond donors (Lipinski definition) is 1. The quantitative estimate of drug-likeness (QED) is 0.917. The molecule has 108 valence electrons. The molecule has 2 atom stereocenters. The summed E-state index contributed by atoms with van der Waals surface area (Å²) in [5.41, 5.74) is 2.13. The van der Waals surface area contributed by atoms with Crippen molar-refractivity contribution in [3.63, 3.8) is 0 Å². The van der Waals surface area contributed by atoms with Crippen LogP contribution in [0.15, 0.2) is 60.7 Å². The lowest BCUT2D eigenvalue weighted by Gasteiger charge is -2.17. The minimum atomic E-state index is -0.392. The van der Waals surface area contributed by atoms with E-state index in [-0.39, 0.29) is 12.1 Å². The van der Waals surface area contributed by atoms with E-state index in [1.165, 1.54) is 0 Å². The van der Waals surface area contributed by atoms with Gasteiger partial charge in [-0.2, -0.15) is 0 Å². The van der Waals surface area contributed by atoms with Crippen LogP contribution in [-0.4, -0.2) is 18.8 Å². The minimum Gasteiger partial charge on any atom is -0.441 e. The van der Waals surface area contributed by atoms with Gasteiger partial charge >= 0.3 is 6.09 Å². The van der Waals surface area contributed by atoms with Crippen molar-refractivity contribution < 1.29 is 14.3 Å². The van der Waals surface area contributed by atoms with Crippen molar-refractivity contribution in [2.24, 2.45) is 0 Å². The fraction of sp³-hybridized carbons (Fsp3) is 0.235. The number of carbonyl (C=O) groups excluding carboxylic acids is 1. The van der Waals surface area contributed by atoms with E-state index in [4.69, 9.17) is 9.47 Å². The minimum absolute atomic E-state index is 0.158. The molecule has 1 aliphatic heterocycles. The molecule has 1 aliphatic rings. The van der Waals surface area contributed by atoms with Crippen LogP contribution in [0.5, 0.6) is 0 Å². The van der Waals surface area contributed by atoms with Gasteiger partial charge in [0, 0.05) is 0 Å². The van der Waals surface area contributed by atoms with Crippen molar-refractivity contribution in [2.45, 2.75) is 18.8 Å². The highest BCUT2D eigenvalue weighted by molar-refractivity contribution is 5.70. The summed E-state index contributed by atoms with van der Waals surface area (Å²) < 4.78 is 11.0. The molecule has 3 rings (SSSR count). The van der Waals surface area contributed by atoms with Gasteiger partial charge < -0.3 is 14.8 Å². The van der Waals surface area contributed by atoms with Gasteiger partial charge in [0.25, 0.3) is 0 Å². The number of ether oxygens (including phenoxy) is 2. The number of carbonyl (C=O) groups is 1. The number of hydrogen-bond acceptors (Lipinski definition) is 3. The first-order chi connectivity index (χ1) is 10.3. The largest absolute Gasteiger partial charge is 0.441 e. The van der Waals surface area contributed by atoms with Crippen LogP contribution in [0.2, 0.25) is 0 Å². The predicted molar refractivity (Wildman–Crippen MR) is 78.7 cm³/mol. The number of cyclic esters (lactones) is 1. The zero-order valence-electron chi connectivity index (χ0n) is 11.6. The first-order valence-electron chi connectivity index (χ1n) is 6.97. The molecule has 0 radical (unpaired) electrons. The Bertz CT molecular complexity index is 585. The molecule has 1 saturated heterocycles. The maximum Gasteiger partial charge on any atom is 0.408 e. The first kappa shape index (κ1) is 13.6. The van der Waals surface area contributed by atoms with E-state index in [9.17, 15) is 4.79 Å². The Labute approximate surface area is 123 Å². The van der Waals surface area contributed by atoms with E-state index in [1.807, 2.05) is 60.7 Å². The molecule has 21 heavy (non-hydrogen) atoms. The summed E-state index contributed by atoms with van der Waals surface area (Å²) in [7, 11) is 0. The van der Waals surface area contributed by atoms with Crippen LogP contribution in [0.25, 0.3) is 0 Å². The Balaban J connectivity index is 1.60. The van der Waals surface area contributed by atoms with Crippen molar-refractivity contribution in [2.75, 3.05) is 6.61 Å². The molecular formula is C17H17NO3. The fourth-order valence-corrected chi connectivity index (χ4v) is 2.42. The maximum absolute atomic E-state index is 11.5. The number of rotatable bonds is 5. The van der Waals surface area contributed by atoms with Crippen LogP contribution < -0.4 is 5.32 Å². The normalized spacial score (nSPS) is 20.9. The molecule has 0 spiro atoms. The molecule has 2 aromatic carbocycles. The van der Waals surface area contributed by atoms with Crippen molar-refractivity contribution in [1.82, 2.24) is 5.32 Å². The highest BCUT2D eigenvalue weighted by Gasteiger charge is 2.35. The van der Waals surface area contributed by atoms with E-state index in [0.717, 1.165) is 11.1 Å². The summed E-state index contributed by atoms with van der Waals surface area (Å²) >= 11 is 0. The first-order valence-corrected chi connectivity index (χ1v) is 6.97. The lowest BCUT2D eigenvalue weighted by Crippen LogP contribution is -2.26. The summed E-state index contributed by atoms with van der Waals surface area (Å²) in [5, 5.41) is 2.83. The second kappa shape index (κ2) is 6.41. The van der Waals surface area contributed by atoms with Gasteiger partial charge in [-0.15, -0.1) is 0 Å². The highest BCUT2D eigenvalue weighted by atomic mass is 16.6. The molecule has 1 heterocycles. The zero-order valence-corrected chi connectivity index (χ0v) is 11.6. The third kappa shape index (κ3) is 3.41. The van der Waals surface area contributed by atoms with Gasteiger partial charge in [-0.05, 0) is 11.1 Å². The molecule has 0 aliphatic carbocycles. The zero-order chi connectivity index (χ0) is 14.5. The molecule has 0 aromatic heterocycles. The van der Waals surface area contributed by atoms with Crippen LogP contribution >= 0.6 is 0 Å². The van der Waals surface area contributed by atoms with Crippen LogP contribution in [0.4, 0.5) is 4.79 Å². The van der Waals surface area contributed by atoms with E-state index in [2.05, 4.69) is 5.32 Å². The lowest BCUT2D eigenvalue weighted by molar-refractivity contribution is 0.0271. The summed E-state index contributed by atoms with van der Waals surface area (Å²) in [6.45, 7) is 0.879. The molecule has 1 amide bonds. The van der Waals surface area contributed by atoms with E-state index in [1.54, 1.807) is 0 Å². The fourth-order valence-electron chi connectivity index (χ4n) is 2.42.